The number of rotatable bonds is 6. The fourth-order valence-corrected chi connectivity index (χ4v) is 6.71. The van der Waals surface area contributed by atoms with Gasteiger partial charge in [0.05, 0.1) is 5.69 Å². The largest absolute Gasteiger partial charge is 0.455 e. The Kier molecular flexibility index (Phi) is 7.32. The van der Waals surface area contributed by atoms with Gasteiger partial charge in [0.1, 0.15) is 23.1 Å². The molecule has 6 aromatic rings. The number of fused-ring (bicyclic) bond motifs is 3. The van der Waals surface area contributed by atoms with Gasteiger partial charge in [0.15, 0.2) is 5.69 Å². The molecule has 2 aromatic heterocycles. The van der Waals surface area contributed by atoms with Gasteiger partial charge in [0.25, 0.3) is 0 Å². The predicted molar refractivity (Wildman–Crippen MR) is 177 cm³/mol. The van der Waals surface area contributed by atoms with Crippen LogP contribution in [0, 0.1) is 11.3 Å². The molecule has 7 rings (SSSR count). The summed E-state index contributed by atoms with van der Waals surface area (Å²) in [6, 6.07) is 30.3. The second kappa shape index (κ2) is 11.4. The van der Waals surface area contributed by atoms with Crippen LogP contribution in [0.3, 0.4) is 0 Å². The third kappa shape index (κ3) is 4.90. The lowest BCUT2D eigenvalue weighted by molar-refractivity contribution is 0.0853. The Morgan fingerprint density at radius 3 is 2.18 bits per heavy atom. The Morgan fingerprint density at radius 2 is 1.50 bits per heavy atom. The van der Waals surface area contributed by atoms with E-state index in [4.69, 9.17) is 14.1 Å². The third-order valence-corrected chi connectivity index (χ3v) is 9.05. The van der Waals surface area contributed by atoms with Gasteiger partial charge >= 0.3 is 0 Å². The zero-order valence-corrected chi connectivity index (χ0v) is 25.8. The van der Waals surface area contributed by atoms with E-state index >= 15 is 0 Å². The van der Waals surface area contributed by atoms with Crippen LogP contribution >= 0.6 is 0 Å². The van der Waals surface area contributed by atoms with Crippen molar-refractivity contribution in [3.63, 3.8) is 0 Å². The number of hydrogen-bond acceptors (Lipinski definition) is 4. The first-order valence-corrected chi connectivity index (χ1v) is 15.7. The minimum Gasteiger partial charge on any atom is -0.455 e. The maximum atomic E-state index is 9.95. The van der Waals surface area contributed by atoms with Gasteiger partial charge in [-0.25, -0.2) is 4.98 Å². The lowest BCUT2D eigenvalue weighted by Gasteiger charge is -2.24. The molecule has 5 nitrogen and oxygen atoms in total. The number of ether oxygens (including phenoxy) is 1. The summed E-state index contributed by atoms with van der Waals surface area (Å²) >= 11 is 0. The molecular formula is C39H37N3O2. The summed E-state index contributed by atoms with van der Waals surface area (Å²) in [5.41, 5.74) is 10.3. The van der Waals surface area contributed by atoms with Crippen LogP contribution in [-0.2, 0) is 4.74 Å². The molecule has 0 unspecified atom stereocenters. The molecule has 0 spiro atoms. The van der Waals surface area contributed by atoms with Gasteiger partial charge in [-0.15, -0.1) is 0 Å². The molecule has 0 radical (unpaired) electrons. The molecule has 0 N–H and O–H groups in total. The van der Waals surface area contributed by atoms with Crippen molar-refractivity contribution in [3.8, 4) is 34.3 Å². The number of nitriles is 1. The predicted octanol–water partition coefficient (Wildman–Crippen LogP) is 10.1. The van der Waals surface area contributed by atoms with E-state index in [-0.39, 0.29) is 11.8 Å². The van der Waals surface area contributed by atoms with Gasteiger partial charge in [-0.3, -0.25) is 4.57 Å². The topological polar surface area (TPSA) is 64.0 Å². The van der Waals surface area contributed by atoms with Crippen molar-refractivity contribution in [2.75, 3.05) is 13.2 Å². The number of imidazole rings is 1. The van der Waals surface area contributed by atoms with E-state index in [0.29, 0.717) is 11.6 Å². The smallest absolute Gasteiger partial charge is 0.159 e. The number of aromatic nitrogens is 2. The summed E-state index contributed by atoms with van der Waals surface area (Å²) in [6.07, 6.45) is 4.00. The van der Waals surface area contributed by atoms with Crippen LogP contribution in [0.15, 0.2) is 89.5 Å². The third-order valence-electron chi connectivity index (χ3n) is 9.05. The maximum absolute atomic E-state index is 9.95. The van der Waals surface area contributed by atoms with Crippen LogP contribution in [-0.4, -0.2) is 22.8 Å². The molecule has 1 saturated heterocycles. The summed E-state index contributed by atoms with van der Waals surface area (Å²) < 4.78 is 14.2. The van der Waals surface area contributed by atoms with E-state index in [1.54, 1.807) is 0 Å². The van der Waals surface area contributed by atoms with Crippen LogP contribution < -0.4 is 0 Å². The van der Waals surface area contributed by atoms with Gasteiger partial charge < -0.3 is 9.15 Å². The van der Waals surface area contributed by atoms with E-state index in [1.807, 2.05) is 18.3 Å². The van der Waals surface area contributed by atoms with Crippen molar-refractivity contribution in [2.24, 2.45) is 0 Å². The van der Waals surface area contributed by atoms with Crippen molar-refractivity contribution in [3.05, 3.63) is 107 Å². The number of para-hydroxylation sites is 2. The summed E-state index contributed by atoms with van der Waals surface area (Å²) in [6.45, 7) is 10.6. The van der Waals surface area contributed by atoms with Crippen LogP contribution in [0.1, 0.15) is 80.7 Å². The van der Waals surface area contributed by atoms with E-state index in [9.17, 15) is 5.26 Å². The SMILES string of the molecule is CC(C)c1cc(-c2cccc3c2oc2ccccc23)cc(C(C)C)c1-n1cc(C#N)nc1-c1ccc(C2CCOCC2)cc1. The summed E-state index contributed by atoms with van der Waals surface area (Å²) in [7, 11) is 0. The Hall–Kier alpha value is -4.66. The van der Waals surface area contributed by atoms with Gasteiger partial charge in [-0.05, 0) is 71.0 Å². The molecule has 1 aliphatic rings. The fraction of sp³-hybridized carbons (Fsp3) is 0.282. The van der Waals surface area contributed by atoms with Gasteiger partial charge in [0, 0.05) is 41.3 Å². The van der Waals surface area contributed by atoms with E-state index in [2.05, 4.69) is 105 Å². The van der Waals surface area contributed by atoms with E-state index in [0.717, 1.165) is 76.2 Å². The van der Waals surface area contributed by atoms with Crippen molar-refractivity contribution in [1.82, 2.24) is 9.55 Å². The van der Waals surface area contributed by atoms with Crippen LogP contribution in [0.2, 0.25) is 0 Å². The monoisotopic (exact) mass is 579 g/mol. The lowest BCUT2D eigenvalue weighted by Crippen LogP contribution is -2.14. The highest BCUT2D eigenvalue weighted by Crippen LogP contribution is 2.41. The Balaban J connectivity index is 1.40. The zero-order chi connectivity index (χ0) is 30.4. The van der Waals surface area contributed by atoms with E-state index < -0.39 is 0 Å². The molecule has 4 aromatic carbocycles. The van der Waals surface area contributed by atoms with Crippen LogP contribution in [0.5, 0.6) is 0 Å². The Labute approximate surface area is 258 Å². The minimum atomic E-state index is 0.231. The van der Waals surface area contributed by atoms with Crippen molar-refractivity contribution in [2.45, 2.75) is 58.3 Å². The number of nitrogens with zero attached hydrogens (tertiary/aromatic N) is 3. The molecule has 0 aliphatic carbocycles. The Morgan fingerprint density at radius 1 is 0.818 bits per heavy atom. The average Bonchev–Trinajstić information content (AvgIpc) is 3.66. The van der Waals surface area contributed by atoms with Gasteiger partial charge in [-0.1, -0.05) is 88.4 Å². The number of benzene rings is 4. The zero-order valence-electron chi connectivity index (χ0n) is 25.8. The standard InChI is InChI=1S/C39H37N3O2/c1-24(2)34-20-29(31-9-7-10-33-32-8-5-6-11-36(32)44-38(31)33)21-35(25(3)4)37(34)42-23-30(22-40)41-39(42)28-14-12-26(13-15-28)27-16-18-43-19-17-27/h5-15,20-21,23-25,27H,16-19H2,1-4H3. The van der Waals surface area contributed by atoms with Crippen molar-refractivity contribution >= 4 is 21.9 Å². The summed E-state index contributed by atoms with van der Waals surface area (Å²) in [5.74, 6) is 1.77. The molecule has 0 saturated carbocycles. The van der Waals surface area contributed by atoms with Crippen LogP contribution in [0.4, 0.5) is 0 Å². The molecule has 0 atom stereocenters. The number of furan rings is 1. The summed E-state index contributed by atoms with van der Waals surface area (Å²) in [4.78, 5) is 4.83. The first kappa shape index (κ1) is 28.1. The lowest BCUT2D eigenvalue weighted by atomic mass is 9.87. The van der Waals surface area contributed by atoms with Crippen molar-refractivity contribution < 1.29 is 9.15 Å². The molecule has 0 amide bonds. The summed E-state index contributed by atoms with van der Waals surface area (Å²) in [5, 5.41) is 12.2. The van der Waals surface area contributed by atoms with E-state index in [1.165, 1.54) is 16.7 Å². The Bertz CT molecular complexity index is 1990. The molecular weight excluding hydrogens is 542 g/mol. The van der Waals surface area contributed by atoms with Crippen molar-refractivity contribution in [1.29, 1.82) is 5.26 Å². The van der Waals surface area contributed by atoms with Gasteiger partial charge in [0.2, 0.25) is 0 Å². The molecule has 1 aliphatic heterocycles. The molecule has 5 heteroatoms. The van der Waals surface area contributed by atoms with Crippen LogP contribution in [0.25, 0.3) is 50.1 Å². The first-order valence-electron chi connectivity index (χ1n) is 15.7. The minimum absolute atomic E-state index is 0.231. The number of hydrogen-bond donors (Lipinski definition) is 0. The second-order valence-corrected chi connectivity index (χ2v) is 12.5. The first-order chi connectivity index (χ1) is 21.4. The van der Waals surface area contributed by atoms with Gasteiger partial charge in [-0.2, -0.15) is 5.26 Å². The molecule has 1 fully saturated rings. The quantitative estimate of drug-likeness (QED) is 0.197. The second-order valence-electron chi connectivity index (χ2n) is 12.5. The molecule has 3 heterocycles. The normalized spacial score (nSPS) is 14.2. The highest BCUT2D eigenvalue weighted by Gasteiger charge is 2.24. The molecule has 44 heavy (non-hydrogen) atoms. The highest BCUT2D eigenvalue weighted by atomic mass is 16.5. The average molecular weight is 580 g/mol. The molecule has 220 valence electrons. The fourth-order valence-electron chi connectivity index (χ4n) is 6.71. The maximum Gasteiger partial charge on any atom is 0.159 e. The molecule has 0 bridgehead atoms. The highest BCUT2D eigenvalue weighted by molar-refractivity contribution is 6.09.